The van der Waals surface area contributed by atoms with Crippen LogP contribution in [0.1, 0.15) is 168 Å². The second-order valence-corrected chi connectivity index (χ2v) is 12.5. The minimum absolute atomic E-state index is 0.0729. The van der Waals surface area contributed by atoms with Crippen LogP contribution in [0.2, 0.25) is 0 Å². The molecule has 0 aliphatic rings. The Morgan fingerprint density at radius 2 is 1.00 bits per heavy atom. The van der Waals surface area contributed by atoms with Crippen molar-refractivity contribution in [2.45, 2.75) is 174 Å². The van der Waals surface area contributed by atoms with Gasteiger partial charge in [-0.1, -0.05) is 141 Å². The van der Waals surface area contributed by atoms with Gasteiger partial charge in [-0.05, 0) is 19.3 Å². The van der Waals surface area contributed by atoms with Crippen molar-refractivity contribution in [2.24, 2.45) is 0 Å². The van der Waals surface area contributed by atoms with Crippen LogP contribution < -0.4 is 0 Å². The number of hydrogen-bond acceptors (Lipinski definition) is 7. The second kappa shape index (κ2) is 30.9. The Morgan fingerprint density at radius 3 is 1.43 bits per heavy atom. The fourth-order valence-electron chi connectivity index (χ4n) is 4.74. The summed E-state index contributed by atoms with van der Waals surface area (Å²) in [5.74, 6) is 0.351. The van der Waals surface area contributed by atoms with Gasteiger partial charge in [-0.2, -0.15) is 0 Å². The highest BCUT2D eigenvalue weighted by Crippen LogP contribution is 2.15. The summed E-state index contributed by atoms with van der Waals surface area (Å²) in [6, 6.07) is 0. The Hall–Kier alpha value is -1.08. The SMILES string of the molecule is CCCCCCCCCCCCC(=O)O[C@H](CO)COC(=O)CCCCCCCCCCCCCCSC(C)=O. The van der Waals surface area contributed by atoms with Crippen molar-refractivity contribution in [1.82, 2.24) is 0 Å². The van der Waals surface area contributed by atoms with E-state index in [0.29, 0.717) is 12.8 Å². The van der Waals surface area contributed by atoms with Gasteiger partial charge >= 0.3 is 11.9 Å². The standard InChI is InChI=1S/C33H62O6S/c1-3-4-5-6-7-8-13-17-20-23-26-33(37)39-31(28-34)29-38-32(36)25-22-19-16-14-11-9-10-12-15-18-21-24-27-40-30(2)35/h31,34H,3-29H2,1-2H3/t31-/m1/s1. The summed E-state index contributed by atoms with van der Waals surface area (Å²) in [6.45, 7) is 3.46. The predicted molar refractivity (Wildman–Crippen MR) is 168 cm³/mol. The number of hydrogen-bond donors (Lipinski definition) is 1. The number of aliphatic hydroxyl groups is 1. The number of carbonyl (C=O) groups excluding carboxylic acids is 3. The third-order valence-corrected chi connectivity index (χ3v) is 8.15. The van der Waals surface area contributed by atoms with Crippen LogP contribution >= 0.6 is 11.8 Å². The predicted octanol–water partition coefficient (Wildman–Crippen LogP) is 9.10. The highest BCUT2D eigenvalue weighted by atomic mass is 32.2. The van der Waals surface area contributed by atoms with Gasteiger partial charge in [0.1, 0.15) is 6.61 Å². The van der Waals surface area contributed by atoms with E-state index in [9.17, 15) is 19.5 Å². The van der Waals surface area contributed by atoms with E-state index in [0.717, 1.165) is 50.7 Å². The molecule has 40 heavy (non-hydrogen) atoms. The number of carbonyl (C=O) groups is 3. The number of thioether (sulfide) groups is 1. The second-order valence-electron chi connectivity index (χ2n) is 11.2. The van der Waals surface area contributed by atoms with Gasteiger partial charge in [-0.25, -0.2) is 0 Å². The average molecular weight is 587 g/mol. The maximum Gasteiger partial charge on any atom is 0.306 e. The molecule has 0 saturated carbocycles. The van der Waals surface area contributed by atoms with Crippen molar-refractivity contribution in [3.05, 3.63) is 0 Å². The smallest absolute Gasteiger partial charge is 0.306 e. The number of aliphatic hydroxyl groups excluding tert-OH is 1. The summed E-state index contributed by atoms with van der Waals surface area (Å²) in [6.07, 6.45) is 26.3. The summed E-state index contributed by atoms with van der Waals surface area (Å²) < 4.78 is 10.5. The van der Waals surface area contributed by atoms with Gasteiger partial charge in [0.2, 0.25) is 0 Å². The summed E-state index contributed by atoms with van der Waals surface area (Å²) in [5.41, 5.74) is 0. The summed E-state index contributed by atoms with van der Waals surface area (Å²) in [5, 5.41) is 9.70. The van der Waals surface area contributed by atoms with E-state index in [2.05, 4.69) is 6.92 Å². The van der Waals surface area contributed by atoms with E-state index >= 15 is 0 Å². The molecule has 6 nitrogen and oxygen atoms in total. The molecular formula is C33H62O6S. The lowest BCUT2D eigenvalue weighted by atomic mass is 10.0. The monoisotopic (exact) mass is 586 g/mol. The molecule has 0 heterocycles. The Morgan fingerprint density at radius 1 is 0.600 bits per heavy atom. The van der Waals surface area contributed by atoms with E-state index in [1.165, 1.54) is 108 Å². The lowest BCUT2D eigenvalue weighted by Gasteiger charge is -2.15. The minimum atomic E-state index is -0.773. The largest absolute Gasteiger partial charge is 0.462 e. The van der Waals surface area contributed by atoms with Crippen LogP contribution in [-0.4, -0.2) is 47.2 Å². The van der Waals surface area contributed by atoms with Crippen LogP contribution in [0.15, 0.2) is 0 Å². The van der Waals surface area contributed by atoms with Crippen molar-refractivity contribution < 1.29 is 29.0 Å². The van der Waals surface area contributed by atoms with Gasteiger partial charge in [0.25, 0.3) is 0 Å². The normalized spacial score (nSPS) is 11.9. The lowest BCUT2D eigenvalue weighted by molar-refractivity contribution is -0.161. The van der Waals surface area contributed by atoms with Crippen LogP contribution in [0.25, 0.3) is 0 Å². The maximum absolute atomic E-state index is 12.0. The zero-order valence-electron chi connectivity index (χ0n) is 26.1. The first-order valence-electron chi connectivity index (χ1n) is 16.6. The van der Waals surface area contributed by atoms with Crippen LogP contribution in [0, 0.1) is 0 Å². The van der Waals surface area contributed by atoms with E-state index in [4.69, 9.17) is 9.47 Å². The molecule has 0 bridgehead atoms. The highest BCUT2D eigenvalue weighted by molar-refractivity contribution is 8.13. The molecule has 0 aromatic heterocycles. The number of unbranched alkanes of at least 4 members (excludes halogenated alkanes) is 20. The first-order valence-corrected chi connectivity index (χ1v) is 17.6. The van der Waals surface area contributed by atoms with E-state index in [-0.39, 0.29) is 30.3 Å². The van der Waals surface area contributed by atoms with E-state index in [1.807, 2.05) is 0 Å². The van der Waals surface area contributed by atoms with Crippen LogP contribution in [0.5, 0.6) is 0 Å². The minimum Gasteiger partial charge on any atom is -0.462 e. The molecule has 0 unspecified atom stereocenters. The number of esters is 2. The van der Waals surface area contributed by atoms with Gasteiger partial charge in [0.15, 0.2) is 11.2 Å². The molecule has 236 valence electrons. The third-order valence-electron chi connectivity index (χ3n) is 7.25. The molecule has 0 aliphatic heterocycles. The van der Waals surface area contributed by atoms with Gasteiger partial charge in [-0.3, -0.25) is 14.4 Å². The molecule has 1 N–H and O–H groups in total. The first-order chi connectivity index (χ1) is 19.5. The molecule has 0 aromatic carbocycles. The van der Waals surface area contributed by atoms with Crippen molar-refractivity contribution in [2.75, 3.05) is 19.0 Å². The number of rotatable bonds is 30. The molecule has 1 atom stereocenters. The zero-order chi connectivity index (χ0) is 29.5. The average Bonchev–Trinajstić information content (AvgIpc) is 2.93. The van der Waals surface area contributed by atoms with Crippen molar-refractivity contribution in [1.29, 1.82) is 0 Å². The molecule has 0 fully saturated rings. The molecule has 7 heteroatoms. The van der Waals surface area contributed by atoms with Crippen LogP contribution in [0.3, 0.4) is 0 Å². The third kappa shape index (κ3) is 29.9. The lowest BCUT2D eigenvalue weighted by Crippen LogP contribution is -2.28. The quantitative estimate of drug-likeness (QED) is 0.0663. The Bertz CT molecular complexity index is 597. The Labute approximate surface area is 250 Å². The summed E-state index contributed by atoms with van der Waals surface area (Å²) in [7, 11) is 0. The fraction of sp³-hybridized carbons (Fsp3) is 0.909. The summed E-state index contributed by atoms with van der Waals surface area (Å²) in [4.78, 5) is 34.9. The van der Waals surface area contributed by atoms with Crippen LogP contribution in [0.4, 0.5) is 0 Å². The summed E-state index contributed by atoms with van der Waals surface area (Å²) >= 11 is 1.44. The topological polar surface area (TPSA) is 89.9 Å². The highest BCUT2D eigenvalue weighted by Gasteiger charge is 2.16. The maximum atomic E-state index is 12.0. The first kappa shape index (κ1) is 38.9. The molecule has 0 radical (unpaired) electrons. The van der Waals surface area contributed by atoms with Gasteiger partial charge in [0.05, 0.1) is 6.61 Å². The van der Waals surface area contributed by atoms with Crippen LogP contribution in [-0.2, 0) is 23.9 Å². The van der Waals surface area contributed by atoms with E-state index in [1.54, 1.807) is 6.92 Å². The molecule has 0 amide bonds. The van der Waals surface area contributed by atoms with Crippen molar-refractivity contribution in [3.8, 4) is 0 Å². The molecular weight excluding hydrogens is 524 g/mol. The van der Waals surface area contributed by atoms with Gasteiger partial charge in [-0.15, -0.1) is 0 Å². The molecule has 0 saturated heterocycles. The Balaban J connectivity index is 3.52. The molecule has 0 aliphatic carbocycles. The van der Waals surface area contributed by atoms with Gasteiger partial charge < -0.3 is 14.6 Å². The van der Waals surface area contributed by atoms with Crippen molar-refractivity contribution in [3.63, 3.8) is 0 Å². The number of ether oxygens (including phenoxy) is 2. The molecule has 0 spiro atoms. The van der Waals surface area contributed by atoms with Crippen molar-refractivity contribution >= 4 is 28.8 Å². The molecule has 0 aromatic rings. The van der Waals surface area contributed by atoms with E-state index < -0.39 is 6.10 Å². The molecule has 0 rings (SSSR count). The fourth-order valence-corrected chi connectivity index (χ4v) is 5.37. The zero-order valence-corrected chi connectivity index (χ0v) is 26.9. The van der Waals surface area contributed by atoms with Gasteiger partial charge in [0, 0.05) is 25.5 Å². The Kier molecular flexibility index (Phi) is 30.0.